The Hall–Kier alpha value is -1.81. The van der Waals surface area contributed by atoms with E-state index in [9.17, 15) is 0 Å². The molecule has 0 aliphatic heterocycles. The number of imidazole rings is 1. The van der Waals surface area contributed by atoms with Gasteiger partial charge in [0, 0.05) is 0 Å². The van der Waals surface area contributed by atoms with E-state index in [0.717, 1.165) is 5.56 Å². The quantitative estimate of drug-likeness (QED) is 0.705. The zero-order valence-electron chi connectivity index (χ0n) is 8.22. The third-order valence-corrected chi connectivity index (χ3v) is 2.23. The lowest BCUT2D eigenvalue weighted by Gasteiger charge is -2.08. The fraction of sp³-hybridized carbons (Fsp3) is 0.182. The van der Waals surface area contributed by atoms with Crippen molar-refractivity contribution in [2.24, 2.45) is 5.73 Å². The van der Waals surface area contributed by atoms with Gasteiger partial charge in [-0.2, -0.15) is 0 Å². The molecule has 4 N–H and O–H groups in total. The number of aromatic amines is 1. The summed E-state index contributed by atoms with van der Waals surface area (Å²) < 4.78 is 0. The van der Waals surface area contributed by atoms with Crippen LogP contribution in [0.25, 0.3) is 0 Å². The largest absolute Gasteiger partial charge is 0.493 e. The van der Waals surface area contributed by atoms with Crippen molar-refractivity contribution in [3.63, 3.8) is 0 Å². The van der Waals surface area contributed by atoms with Gasteiger partial charge in [-0.15, -0.1) is 0 Å². The number of hydrogen-bond acceptors (Lipinski definition) is 3. The number of nitrogens with zero attached hydrogens (tertiary/aromatic N) is 1. The van der Waals surface area contributed by atoms with E-state index in [1.807, 2.05) is 30.3 Å². The van der Waals surface area contributed by atoms with Crippen LogP contribution in [0.3, 0.4) is 0 Å². The molecule has 1 aromatic carbocycles. The Balaban J connectivity index is 2.07. The van der Waals surface area contributed by atoms with Gasteiger partial charge >= 0.3 is 0 Å². The Labute approximate surface area is 87.8 Å². The van der Waals surface area contributed by atoms with Crippen LogP contribution in [-0.4, -0.2) is 15.1 Å². The Morgan fingerprint density at radius 2 is 2.07 bits per heavy atom. The summed E-state index contributed by atoms with van der Waals surface area (Å²) in [4.78, 5) is 6.70. The predicted octanol–water partition coefficient (Wildman–Crippen LogP) is 1.36. The predicted molar refractivity (Wildman–Crippen MR) is 57.3 cm³/mol. The fourth-order valence-electron chi connectivity index (χ4n) is 1.48. The highest BCUT2D eigenvalue weighted by molar-refractivity contribution is 5.18. The highest BCUT2D eigenvalue weighted by Crippen LogP contribution is 2.14. The van der Waals surface area contributed by atoms with Gasteiger partial charge in [-0.1, -0.05) is 30.3 Å². The van der Waals surface area contributed by atoms with Crippen LogP contribution >= 0.6 is 0 Å². The topological polar surface area (TPSA) is 74.9 Å². The van der Waals surface area contributed by atoms with Crippen LogP contribution in [0.15, 0.2) is 36.5 Å². The number of rotatable bonds is 3. The van der Waals surface area contributed by atoms with Crippen LogP contribution < -0.4 is 5.73 Å². The molecule has 1 aromatic heterocycles. The number of nitrogens with one attached hydrogen (secondary N) is 1. The summed E-state index contributed by atoms with van der Waals surface area (Å²) in [5.74, 6) is 0.657. The molecule has 0 radical (unpaired) electrons. The summed E-state index contributed by atoms with van der Waals surface area (Å²) in [7, 11) is 0. The normalized spacial score (nSPS) is 12.6. The molecule has 78 valence electrons. The Morgan fingerprint density at radius 1 is 1.33 bits per heavy atom. The van der Waals surface area contributed by atoms with Crippen LogP contribution in [0.1, 0.15) is 17.4 Å². The maximum Gasteiger partial charge on any atom is 0.208 e. The molecule has 2 rings (SSSR count). The zero-order chi connectivity index (χ0) is 10.7. The van der Waals surface area contributed by atoms with Crippen LogP contribution in [0.5, 0.6) is 5.88 Å². The van der Waals surface area contributed by atoms with Gasteiger partial charge in [-0.05, 0) is 12.0 Å². The first-order chi connectivity index (χ1) is 7.25. The van der Waals surface area contributed by atoms with Crippen molar-refractivity contribution in [1.29, 1.82) is 0 Å². The molecule has 1 atom stereocenters. The number of benzene rings is 1. The molecular formula is C11H13N3O. The SMILES string of the molecule is NC(Cc1ccccc1)c1ncc(O)[nH]1. The van der Waals surface area contributed by atoms with Crippen molar-refractivity contribution < 1.29 is 5.11 Å². The third kappa shape index (κ3) is 2.35. The van der Waals surface area contributed by atoms with E-state index >= 15 is 0 Å². The highest BCUT2D eigenvalue weighted by Gasteiger charge is 2.10. The molecule has 0 spiro atoms. The van der Waals surface area contributed by atoms with Gasteiger partial charge < -0.3 is 15.8 Å². The van der Waals surface area contributed by atoms with E-state index in [0.29, 0.717) is 12.2 Å². The lowest BCUT2D eigenvalue weighted by molar-refractivity contribution is 0.454. The van der Waals surface area contributed by atoms with Gasteiger partial charge in [0.25, 0.3) is 0 Å². The Kier molecular flexibility index (Phi) is 2.69. The van der Waals surface area contributed by atoms with Crippen LogP contribution in [0.4, 0.5) is 0 Å². The van der Waals surface area contributed by atoms with Crippen LogP contribution in [0, 0.1) is 0 Å². The van der Waals surface area contributed by atoms with Gasteiger partial charge in [-0.25, -0.2) is 4.98 Å². The van der Waals surface area contributed by atoms with E-state index in [1.54, 1.807) is 0 Å². The molecule has 4 heteroatoms. The summed E-state index contributed by atoms with van der Waals surface area (Å²) in [6, 6.07) is 9.73. The van der Waals surface area contributed by atoms with E-state index in [-0.39, 0.29) is 11.9 Å². The molecule has 0 aliphatic carbocycles. The van der Waals surface area contributed by atoms with Gasteiger partial charge in [0.05, 0.1) is 12.2 Å². The molecule has 0 fully saturated rings. The second kappa shape index (κ2) is 4.14. The van der Waals surface area contributed by atoms with E-state index in [4.69, 9.17) is 10.8 Å². The highest BCUT2D eigenvalue weighted by atomic mass is 16.3. The molecule has 1 unspecified atom stereocenters. The molecule has 4 nitrogen and oxygen atoms in total. The van der Waals surface area contributed by atoms with Gasteiger partial charge in [0.1, 0.15) is 5.82 Å². The number of aromatic hydroxyl groups is 1. The first kappa shape index (κ1) is 9.73. The first-order valence-electron chi connectivity index (χ1n) is 4.79. The van der Waals surface area contributed by atoms with E-state index < -0.39 is 0 Å². The van der Waals surface area contributed by atoms with Gasteiger partial charge in [-0.3, -0.25) is 0 Å². The molecule has 0 aliphatic rings. The third-order valence-electron chi connectivity index (χ3n) is 2.23. The Bertz CT molecular complexity index is 424. The van der Waals surface area contributed by atoms with Crippen molar-refractivity contribution in [3.8, 4) is 5.88 Å². The lowest BCUT2D eigenvalue weighted by atomic mass is 10.1. The maximum absolute atomic E-state index is 9.09. The van der Waals surface area contributed by atoms with Gasteiger partial charge in [0.15, 0.2) is 0 Å². The smallest absolute Gasteiger partial charge is 0.208 e. The van der Waals surface area contributed by atoms with E-state index in [1.165, 1.54) is 6.20 Å². The second-order valence-corrected chi connectivity index (χ2v) is 3.45. The van der Waals surface area contributed by atoms with Crippen molar-refractivity contribution >= 4 is 0 Å². The minimum atomic E-state index is -0.215. The van der Waals surface area contributed by atoms with Crippen molar-refractivity contribution in [1.82, 2.24) is 9.97 Å². The van der Waals surface area contributed by atoms with E-state index in [2.05, 4.69) is 9.97 Å². The molecule has 2 aromatic rings. The zero-order valence-corrected chi connectivity index (χ0v) is 8.22. The molecule has 0 saturated carbocycles. The second-order valence-electron chi connectivity index (χ2n) is 3.45. The molecular weight excluding hydrogens is 190 g/mol. The molecule has 0 amide bonds. The monoisotopic (exact) mass is 203 g/mol. The Morgan fingerprint density at radius 3 is 2.67 bits per heavy atom. The molecule has 0 bridgehead atoms. The average molecular weight is 203 g/mol. The van der Waals surface area contributed by atoms with Crippen molar-refractivity contribution in [2.75, 3.05) is 0 Å². The number of H-pyrrole nitrogens is 1. The molecule has 15 heavy (non-hydrogen) atoms. The minimum absolute atomic E-state index is 0.0495. The number of aromatic nitrogens is 2. The van der Waals surface area contributed by atoms with Gasteiger partial charge in [0.2, 0.25) is 5.88 Å². The summed E-state index contributed by atoms with van der Waals surface area (Å²) in [6.45, 7) is 0. The van der Waals surface area contributed by atoms with Crippen molar-refractivity contribution in [3.05, 3.63) is 47.9 Å². The summed E-state index contributed by atoms with van der Waals surface area (Å²) >= 11 is 0. The fourth-order valence-corrected chi connectivity index (χ4v) is 1.48. The van der Waals surface area contributed by atoms with Crippen LogP contribution in [-0.2, 0) is 6.42 Å². The maximum atomic E-state index is 9.09. The minimum Gasteiger partial charge on any atom is -0.493 e. The molecule has 1 heterocycles. The number of nitrogens with two attached hydrogens (primary N) is 1. The standard InChI is InChI=1S/C11H13N3O/c12-9(11-13-7-10(15)14-11)6-8-4-2-1-3-5-8/h1-5,7,9,15H,6,12H2,(H,13,14). The summed E-state index contributed by atoms with van der Waals surface area (Å²) in [6.07, 6.45) is 2.06. The first-order valence-corrected chi connectivity index (χ1v) is 4.79. The lowest BCUT2D eigenvalue weighted by Crippen LogP contribution is -2.14. The van der Waals surface area contributed by atoms with Crippen LogP contribution in [0.2, 0.25) is 0 Å². The molecule has 0 saturated heterocycles. The summed E-state index contributed by atoms with van der Waals surface area (Å²) in [5.41, 5.74) is 7.09. The summed E-state index contributed by atoms with van der Waals surface area (Å²) in [5, 5.41) is 9.09. The van der Waals surface area contributed by atoms with Crippen molar-refractivity contribution in [2.45, 2.75) is 12.5 Å². The average Bonchev–Trinajstić information content (AvgIpc) is 2.66. The number of hydrogen-bond donors (Lipinski definition) is 3.